The first kappa shape index (κ1) is 17.7. The molecule has 0 bridgehead atoms. The maximum atomic E-state index is 13.0. The third kappa shape index (κ3) is 2.83. The molecule has 0 saturated carbocycles. The zero-order valence-corrected chi connectivity index (χ0v) is 15.3. The van der Waals surface area contributed by atoms with Crippen molar-refractivity contribution in [3.8, 4) is 0 Å². The van der Waals surface area contributed by atoms with Crippen molar-refractivity contribution < 1.29 is 14.4 Å². The quantitative estimate of drug-likeness (QED) is 0.683. The molecule has 3 rings (SSSR count). The van der Waals surface area contributed by atoms with E-state index in [2.05, 4.69) is 5.32 Å². The summed E-state index contributed by atoms with van der Waals surface area (Å²) in [5, 5.41) is 2.27. The maximum Gasteiger partial charge on any atom is 0.335 e. The smallest absolute Gasteiger partial charge is 0.335 e. The number of benzene rings is 1. The molecule has 0 unspecified atom stereocenters. The minimum absolute atomic E-state index is 0.0517. The van der Waals surface area contributed by atoms with Crippen molar-refractivity contribution in [2.45, 2.75) is 27.2 Å². The summed E-state index contributed by atoms with van der Waals surface area (Å²) in [6.45, 7) is 5.81. The van der Waals surface area contributed by atoms with Gasteiger partial charge in [0.05, 0.1) is 5.69 Å². The van der Waals surface area contributed by atoms with E-state index < -0.39 is 17.8 Å². The van der Waals surface area contributed by atoms with Crippen LogP contribution in [0.1, 0.15) is 29.4 Å². The van der Waals surface area contributed by atoms with Crippen LogP contribution >= 0.6 is 0 Å². The van der Waals surface area contributed by atoms with Gasteiger partial charge in [0.2, 0.25) is 0 Å². The number of anilines is 1. The van der Waals surface area contributed by atoms with Gasteiger partial charge in [0, 0.05) is 18.4 Å². The predicted molar refractivity (Wildman–Crippen MR) is 99.7 cm³/mol. The average molecular weight is 351 g/mol. The molecule has 0 aliphatic carbocycles. The molecule has 26 heavy (non-hydrogen) atoms. The van der Waals surface area contributed by atoms with E-state index in [4.69, 9.17) is 0 Å². The van der Waals surface area contributed by atoms with Crippen molar-refractivity contribution in [2.24, 2.45) is 7.05 Å². The lowest BCUT2D eigenvalue weighted by molar-refractivity contribution is -0.122. The molecule has 1 aliphatic heterocycles. The van der Waals surface area contributed by atoms with Crippen molar-refractivity contribution in [3.63, 3.8) is 0 Å². The Morgan fingerprint density at radius 3 is 2.42 bits per heavy atom. The van der Waals surface area contributed by atoms with Crippen LogP contribution in [0.25, 0.3) is 6.08 Å². The Bertz CT molecular complexity index is 953. The highest BCUT2D eigenvalue weighted by atomic mass is 16.2. The fourth-order valence-electron chi connectivity index (χ4n) is 3.09. The van der Waals surface area contributed by atoms with Crippen LogP contribution in [0.15, 0.2) is 35.9 Å². The molecule has 0 radical (unpaired) electrons. The second kappa shape index (κ2) is 6.63. The first-order valence-electron chi connectivity index (χ1n) is 8.47. The van der Waals surface area contributed by atoms with Gasteiger partial charge in [0.1, 0.15) is 5.57 Å². The molecule has 1 fully saturated rings. The summed E-state index contributed by atoms with van der Waals surface area (Å²) in [6, 6.07) is 8.37. The van der Waals surface area contributed by atoms with Crippen LogP contribution in [0.5, 0.6) is 0 Å². The van der Waals surface area contributed by atoms with Gasteiger partial charge in [-0.15, -0.1) is 0 Å². The lowest BCUT2D eigenvalue weighted by Gasteiger charge is -2.27. The standard InChI is InChI=1S/C20H21N3O3/c1-5-14-8-6-7-9-17(14)23-19(25)16(18(24)21-20(23)26)11-15-10-12(2)22(4)13(15)3/h6-11H,5H2,1-4H3,(H,21,24,26). The normalized spacial score (nSPS) is 16.4. The second-order valence-electron chi connectivity index (χ2n) is 6.33. The Balaban J connectivity index is 2.09. The zero-order valence-electron chi connectivity index (χ0n) is 15.3. The van der Waals surface area contributed by atoms with Crippen LogP contribution in [0, 0.1) is 13.8 Å². The second-order valence-corrected chi connectivity index (χ2v) is 6.33. The first-order chi connectivity index (χ1) is 12.3. The van der Waals surface area contributed by atoms with Gasteiger partial charge < -0.3 is 4.57 Å². The SMILES string of the molecule is CCc1ccccc1N1C(=O)NC(=O)C(=Cc2cc(C)n(C)c2C)C1=O. The number of urea groups is 1. The molecule has 6 heteroatoms. The Morgan fingerprint density at radius 2 is 1.81 bits per heavy atom. The Kier molecular flexibility index (Phi) is 4.50. The van der Waals surface area contributed by atoms with Crippen molar-refractivity contribution in [1.29, 1.82) is 0 Å². The molecule has 6 nitrogen and oxygen atoms in total. The summed E-state index contributed by atoms with van der Waals surface area (Å²) in [5.74, 6) is -1.29. The van der Waals surface area contributed by atoms with Crippen molar-refractivity contribution in [2.75, 3.05) is 4.90 Å². The van der Waals surface area contributed by atoms with Crippen molar-refractivity contribution in [3.05, 3.63) is 58.4 Å². The molecule has 1 aromatic heterocycles. The fraction of sp³-hybridized carbons (Fsp3) is 0.250. The Labute approximate surface area is 152 Å². The molecule has 4 amide bonds. The molecule has 0 spiro atoms. The molecule has 2 heterocycles. The lowest BCUT2D eigenvalue weighted by atomic mass is 10.0. The summed E-state index contributed by atoms with van der Waals surface area (Å²) >= 11 is 0. The number of hydrogen-bond donors (Lipinski definition) is 1. The Hall–Kier alpha value is -3.15. The number of hydrogen-bond acceptors (Lipinski definition) is 3. The van der Waals surface area contributed by atoms with Gasteiger partial charge in [-0.1, -0.05) is 25.1 Å². The predicted octanol–water partition coefficient (Wildman–Crippen LogP) is 2.87. The van der Waals surface area contributed by atoms with Gasteiger partial charge in [-0.2, -0.15) is 0 Å². The van der Waals surface area contributed by atoms with Crippen molar-refractivity contribution in [1.82, 2.24) is 9.88 Å². The Morgan fingerprint density at radius 1 is 1.12 bits per heavy atom. The summed E-state index contributed by atoms with van der Waals surface area (Å²) in [6.07, 6.45) is 2.21. The summed E-state index contributed by atoms with van der Waals surface area (Å²) in [7, 11) is 1.92. The van der Waals surface area contributed by atoms with E-state index >= 15 is 0 Å². The van der Waals surface area contributed by atoms with Gasteiger partial charge >= 0.3 is 6.03 Å². The zero-order chi connectivity index (χ0) is 19.0. The number of imide groups is 2. The lowest BCUT2D eigenvalue weighted by Crippen LogP contribution is -2.54. The van der Waals surface area contributed by atoms with Gasteiger partial charge in [-0.05, 0) is 49.6 Å². The average Bonchev–Trinajstić information content (AvgIpc) is 2.85. The third-order valence-corrected chi connectivity index (χ3v) is 4.83. The number of para-hydroxylation sites is 1. The molecule has 1 aromatic carbocycles. The monoisotopic (exact) mass is 351 g/mol. The number of aryl methyl sites for hydroxylation is 2. The van der Waals surface area contributed by atoms with Gasteiger partial charge in [0.15, 0.2) is 0 Å². The van der Waals surface area contributed by atoms with Crippen molar-refractivity contribution >= 4 is 29.6 Å². The molecular formula is C20H21N3O3. The van der Waals surface area contributed by atoms with E-state index in [-0.39, 0.29) is 5.57 Å². The summed E-state index contributed by atoms with van der Waals surface area (Å²) in [4.78, 5) is 38.7. The molecule has 1 aliphatic rings. The largest absolute Gasteiger partial charge is 0.352 e. The third-order valence-electron chi connectivity index (χ3n) is 4.83. The van der Waals surface area contributed by atoms with Gasteiger partial charge in [-0.25, -0.2) is 9.69 Å². The molecule has 134 valence electrons. The summed E-state index contributed by atoms with van der Waals surface area (Å²) < 4.78 is 1.98. The molecular weight excluding hydrogens is 330 g/mol. The minimum atomic E-state index is -0.723. The number of barbiturate groups is 1. The van der Waals surface area contributed by atoms with Crippen LogP contribution in [0.4, 0.5) is 10.5 Å². The number of aromatic nitrogens is 1. The van der Waals surface area contributed by atoms with E-state index in [1.54, 1.807) is 18.2 Å². The van der Waals surface area contributed by atoms with E-state index in [0.29, 0.717) is 12.1 Å². The number of carbonyl (C=O) groups excluding carboxylic acids is 3. The number of rotatable bonds is 3. The molecule has 1 saturated heterocycles. The minimum Gasteiger partial charge on any atom is -0.352 e. The van der Waals surface area contributed by atoms with Crippen LogP contribution < -0.4 is 10.2 Å². The molecule has 0 atom stereocenters. The highest BCUT2D eigenvalue weighted by molar-refractivity contribution is 6.39. The van der Waals surface area contributed by atoms with Crippen LogP contribution in [-0.4, -0.2) is 22.4 Å². The molecule has 2 aromatic rings. The number of amides is 4. The number of nitrogens with zero attached hydrogens (tertiary/aromatic N) is 2. The van der Waals surface area contributed by atoms with E-state index in [0.717, 1.165) is 27.4 Å². The fourth-order valence-corrected chi connectivity index (χ4v) is 3.09. The first-order valence-corrected chi connectivity index (χ1v) is 8.47. The highest BCUT2D eigenvalue weighted by Gasteiger charge is 2.37. The topological polar surface area (TPSA) is 71.4 Å². The van der Waals surface area contributed by atoms with E-state index in [1.807, 2.05) is 50.6 Å². The van der Waals surface area contributed by atoms with Crippen LogP contribution in [0.2, 0.25) is 0 Å². The van der Waals surface area contributed by atoms with Crippen LogP contribution in [-0.2, 0) is 23.1 Å². The van der Waals surface area contributed by atoms with Gasteiger partial charge in [-0.3, -0.25) is 14.9 Å². The maximum absolute atomic E-state index is 13.0. The van der Waals surface area contributed by atoms with E-state index in [9.17, 15) is 14.4 Å². The van der Waals surface area contributed by atoms with Gasteiger partial charge in [0.25, 0.3) is 11.8 Å². The van der Waals surface area contributed by atoms with Crippen LogP contribution in [0.3, 0.4) is 0 Å². The molecule has 1 N–H and O–H groups in total. The van der Waals surface area contributed by atoms with E-state index in [1.165, 1.54) is 0 Å². The number of nitrogens with one attached hydrogen (secondary N) is 1. The highest BCUT2D eigenvalue weighted by Crippen LogP contribution is 2.26. The number of carbonyl (C=O) groups is 3. The summed E-state index contributed by atoms with van der Waals surface area (Å²) in [5.41, 5.74) is 4.04.